The molecule has 1 fully saturated rings. The molecule has 0 spiro atoms. The number of hydrogen-bond donors (Lipinski definition) is 1. The van der Waals surface area contributed by atoms with Crippen LogP contribution in [0.1, 0.15) is 24.3 Å². The van der Waals surface area contributed by atoms with Crippen molar-refractivity contribution in [1.29, 1.82) is 0 Å². The maximum atomic E-state index is 5.88. The largest absolute Gasteiger partial charge is 0.468 e. The first-order valence-electron chi connectivity index (χ1n) is 6.74. The lowest BCUT2D eigenvalue weighted by molar-refractivity contribution is -0.00614. The Balaban J connectivity index is 1.39. The summed E-state index contributed by atoms with van der Waals surface area (Å²) in [5.74, 6) is 1.04. The van der Waals surface area contributed by atoms with E-state index in [1.54, 1.807) is 12.6 Å². The normalized spacial score (nSPS) is 17.9. The molecule has 5 nitrogen and oxygen atoms in total. The smallest absolute Gasteiger partial charge is 0.117 e. The van der Waals surface area contributed by atoms with Gasteiger partial charge in [0.05, 0.1) is 37.5 Å². The van der Waals surface area contributed by atoms with Crippen LogP contribution in [0.15, 0.2) is 35.3 Å². The first-order valence-corrected chi connectivity index (χ1v) is 6.74. The van der Waals surface area contributed by atoms with Gasteiger partial charge in [-0.15, -0.1) is 0 Å². The van der Waals surface area contributed by atoms with E-state index in [1.165, 1.54) is 0 Å². The maximum Gasteiger partial charge on any atom is 0.117 e. The number of furan rings is 1. The van der Waals surface area contributed by atoms with Gasteiger partial charge < -0.3 is 14.1 Å². The molecular formula is C14H19N3O2. The van der Waals surface area contributed by atoms with Crippen LogP contribution in [-0.2, 0) is 17.9 Å². The summed E-state index contributed by atoms with van der Waals surface area (Å²) in [6.07, 6.45) is 7.80. The predicted octanol–water partition coefficient (Wildman–Crippen LogP) is 2.18. The molecule has 5 heteroatoms. The lowest BCUT2D eigenvalue weighted by atomic mass is 10.1. The second-order valence-electron chi connectivity index (χ2n) is 4.93. The molecule has 0 unspecified atom stereocenters. The first-order chi connectivity index (χ1) is 9.40. The summed E-state index contributed by atoms with van der Waals surface area (Å²) in [6.45, 7) is 3.63. The molecule has 1 saturated heterocycles. The van der Waals surface area contributed by atoms with Crippen LogP contribution in [-0.4, -0.2) is 34.1 Å². The number of nitrogens with one attached hydrogen (secondary N) is 1. The zero-order valence-corrected chi connectivity index (χ0v) is 10.9. The lowest BCUT2D eigenvalue weighted by Gasteiger charge is -2.31. The van der Waals surface area contributed by atoms with E-state index in [0.717, 1.165) is 43.9 Å². The Morgan fingerprint density at radius 3 is 3.00 bits per heavy atom. The Kier molecular flexibility index (Phi) is 3.95. The summed E-state index contributed by atoms with van der Waals surface area (Å²) in [7, 11) is 0. The van der Waals surface area contributed by atoms with Gasteiger partial charge in [0.25, 0.3) is 0 Å². The van der Waals surface area contributed by atoms with Crippen molar-refractivity contribution in [1.82, 2.24) is 14.9 Å². The van der Waals surface area contributed by atoms with Gasteiger partial charge in [0.15, 0.2) is 0 Å². The average molecular weight is 261 g/mol. The molecule has 19 heavy (non-hydrogen) atoms. The third-order valence-corrected chi connectivity index (χ3v) is 3.52. The molecule has 2 aromatic rings. The number of ether oxygens (including phenoxy) is 1. The Bertz CT molecular complexity index is 459. The zero-order valence-electron chi connectivity index (χ0n) is 10.9. The fourth-order valence-electron chi connectivity index (χ4n) is 2.43. The van der Waals surface area contributed by atoms with E-state index in [2.05, 4.69) is 14.9 Å². The van der Waals surface area contributed by atoms with E-state index >= 15 is 0 Å². The number of hydrogen-bond acceptors (Lipinski definition) is 4. The van der Waals surface area contributed by atoms with Crippen molar-refractivity contribution in [3.05, 3.63) is 42.4 Å². The van der Waals surface area contributed by atoms with Gasteiger partial charge in [0, 0.05) is 19.3 Å². The van der Waals surface area contributed by atoms with Crippen molar-refractivity contribution in [3.8, 4) is 0 Å². The van der Waals surface area contributed by atoms with E-state index < -0.39 is 0 Å². The predicted molar refractivity (Wildman–Crippen MR) is 70.4 cm³/mol. The van der Waals surface area contributed by atoms with Crippen LogP contribution in [0.5, 0.6) is 0 Å². The third-order valence-electron chi connectivity index (χ3n) is 3.52. The van der Waals surface area contributed by atoms with Crippen LogP contribution in [0, 0.1) is 0 Å². The van der Waals surface area contributed by atoms with Crippen LogP contribution in [0.3, 0.4) is 0 Å². The van der Waals surface area contributed by atoms with Gasteiger partial charge in [-0.3, -0.25) is 4.90 Å². The maximum absolute atomic E-state index is 5.88. The van der Waals surface area contributed by atoms with Crippen molar-refractivity contribution in [2.45, 2.75) is 32.1 Å². The molecular weight excluding hydrogens is 242 g/mol. The average Bonchev–Trinajstić information content (AvgIpc) is 3.11. The van der Waals surface area contributed by atoms with Gasteiger partial charge in [0.1, 0.15) is 5.76 Å². The molecule has 0 radical (unpaired) electrons. The summed E-state index contributed by atoms with van der Waals surface area (Å²) in [4.78, 5) is 9.51. The standard InChI is InChI=1S/C14H19N3O2/c1-2-14(18-7-1)9-17-5-3-13(4-6-17)19-10-12-8-15-11-16-12/h1-2,7-8,11,13H,3-6,9-10H2,(H,15,16). The number of nitrogens with zero attached hydrogens (tertiary/aromatic N) is 2. The highest BCUT2D eigenvalue weighted by atomic mass is 16.5. The van der Waals surface area contributed by atoms with E-state index in [1.807, 2.05) is 18.3 Å². The highest BCUT2D eigenvalue weighted by Crippen LogP contribution is 2.17. The SMILES string of the molecule is c1coc(CN2CCC(OCc3c[nH]cn3)CC2)c1. The molecule has 3 rings (SSSR count). The second kappa shape index (κ2) is 6.04. The monoisotopic (exact) mass is 261 g/mol. The summed E-state index contributed by atoms with van der Waals surface area (Å²) in [5.41, 5.74) is 0.970. The van der Waals surface area contributed by atoms with Gasteiger partial charge in [-0.25, -0.2) is 4.98 Å². The van der Waals surface area contributed by atoms with E-state index in [9.17, 15) is 0 Å². The van der Waals surface area contributed by atoms with Crippen molar-refractivity contribution >= 4 is 0 Å². The Hall–Kier alpha value is -1.59. The van der Waals surface area contributed by atoms with Gasteiger partial charge in [-0.2, -0.15) is 0 Å². The number of H-pyrrole nitrogens is 1. The molecule has 1 aliphatic rings. The van der Waals surface area contributed by atoms with Crippen LogP contribution in [0.4, 0.5) is 0 Å². The van der Waals surface area contributed by atoms with Gasteiger partial charge in [-0.05, 0) is 25.0 Å². The van der Waals surface area contributed by atoms with Crippen molar-refractivity contribution in [2.75, 3.05) is 13.1 Å². The van der Waals surface area contributed by atoms with Crippen LogP contribution < -0.4 is 0 Å². The molecule has 0 aromatic carbocycles. The lowest BCUT2D eigenvalue weighted by Crippen LogP contribution is -2.36. The molecule has 102 valence electrons. The number of imidazole rings is 1. The van der Waals surface area contributed by atoms with Crippen LogP contribution >= 0.6 is 0 Å². The molecule has 1 aliphatic heterocycles. The molecule has 0 atom stereocenters. The summed E-state index contributed by atoms with van der Waals surface area (Å²) in [5, 5.41) is 0. The number of piperidine rings is 1. The molecule has 2 aromatic heterocycles. The topological polar surface area (TPSA) is 54.3 Å². The van der Waals surface area contributed by atoms with E-state index in [4.69, 9.17) is 9.15 Å². The molecule has 1 N–H and O–H groups in total. The quantitative estimate of drug-likeness (QED) is 0.896. The van der Waals surface area contributed by atoms with E-state index in [-0.39, 0.29) is 0 Å². The first kappa shape index (κ1) is 12.4. The summed E-state index contributed by atoms with van der Waals surface area (Å²) < 4.78 is 11.3. The minimum atomic E-state index is 0.351. The Labute approximate surface area is 112 Å². The van der Waals surface area contributed by atoms with Crippen molar-refractivity contribution in [2.24, 2.45) is 0 Å². The number of rotatable bonds is 5. The molecule has 0 saturated carbocycles. The van der Waals surface area contributed by atoms with Crippen LogP contribution in [0.2, 0.25) is 0 Å². The van der Waals surface area contributed by atoms with Gasteiger partial charge in [0.2, 0.25) is 0 Å². The number of likely N-dealkylation sites (tertiary alicyclic amines) is 1. The Morgan fingerprint density at radius 1 is 1.42 bits per heavy atom. The summed E-state index contributed by atoms with van der Waals surface area (Å²) in [6, 6.07) is 3.97. The van der Waals surface area contributed by atoms with Crippen molar-refractivity contribution < 1.29 is 9.15 Å². The van der Waals surface area contributed by atoms with Crippen LogP contribution in [0.25, 0.3) is 0 Å². The molecule has 0 bridgehead atoms. The highest BCUT2D eigenvalue weighted by molar-refractivity contribution is 4.98. The molecule has 0 aliphatic carbocycles. The number of aromatic nitrogens is 2. The minimum Gasteiger partial charge on any atom is -0.468 e. The van der Waals surface area contributed by atoms with Gasteiger partial charge in [-0.1, -0.05) is 0 Å². The highest BCUT2D eigenvalue weighted by Gasteiger charge is 2.20. The number of aromatic amines is 1. The fourth-order valence-corrected chi connectivity index (χ4v) is 2.43. The minimum absolute atomic E-state index is 0.351. The fraction of sp³-hybridized carbons (Fsp3) is 0.500. The van der Waals surface area contributed by atoms with Gasteiger partial charge >= 0.3 is 0 Å². The molecule has 0 amide bonds. The Morgan fingerprint density at radius 2 is 2.32 bits per heavy atom. The second-order valence-corrected chi connectivity index (χ2v) is 4.93. The zero-order chi connectivity index (χ0) is 12.9. The molecule has 3 heterocycles. The summed E-state index contributed by atoms with van der Waals surface area (Å²) >= 11 is 0. The van der Waals surface area contributed by atoms with Crippen molar-refractivity contribution in [3.63, 3.8) is 0 Å². The van der Waals surface area contributed by atoms with E-state index in [0.29, 0.717) is 12.7 Å². The third kappa shape index (κ3) is 3.45.